The molecule has 1 aliphatic rings. The van der Waals surface area contributed by atoms with Crippen LogP contribution in [0.2, 0.25) is 0 Å². The van der Waals surface area contributed by atoms with Crippen LogP contribution in [0.15, 0.2) is 237 Å². The molecule has 0 saturated carbocycles. The number of rotatable bonds is 7. The topological polar surface area (TPSA) is 3.24 Å². The van der Waals surface area contributed by atoms with Crippen LogP contribution in [0.1, 0.15) is 22.3 Å². The Kier molecular flexibility index (Phi) is 8.33. The van der Waals surface area contributed by atoms with Gasteiger partial charge in [-0.15, -0.1) is 11.3 Å². The van der Waals surface area contributed by atoms with E-state index in [-0.39, 0.29) is 0 Å². The van der Waals surface area contributed by atoms with Crippen LogP contribution < -0.4 is 4.90 Å². The first-order valence-electron chi connectivity index (χ1n) is 21.0. The van der Waals surface area contributed by atoms with Gasteiger partial charge in [0.2, 0.25) is 0 Å². The monoisotopic (exact) mass is 793 g/mol. The second kappa shape index (κ2) is 14.3. The molecule has 12 rings (SSSR count). The van der Waals surface area contributed by atoms with E-state index in [0.717, 1.165) is 17.1 Å². The molecule has 1 aliphatic carbocycles. The van der Waals surface area contributed by atoms with Crippen LogP contribution in [0.25, 0.3) is 64.3 Å². The van der Waals surface area contributed by atoms with Crippen molar-refractivity contribution in [2.75, 3.05) is 4.90 Å². The van der Waals surface area contributed by atoms with Crippen LogP contribution in [0.3, 0.4) is 0 Å². The summed E-state index contributed by atoms with van der Waals surface area (Å²) >= 11 is 1.88. The second-order valence-electron chi connectivity index (χ2n) is 16.0. The molecular weight excluding hydrogens is 755 g/mol. The maximum absolute atomic E-state index is 2.46. The molecular formula is C59H39NS. The summed E-state index contributed by atoms with van der Waals surface area (Å²) in [6, 6.07) is 87.3. The highest BCUT2D eigenvalue weighted by Gasteiger charge is 2.46. The highest BCUT2D eigenvalue weighted by atomic mass is 32.1. The van der Waals surface area contributed by atoms with Crippen molar-refractivity contribution >= 4 is 59.3 Å². The molecule has 1 nitrogen and oxygen atoms in total. The molecule has 2 heteroatoms. The van der Waals surface area contributed by atoms with Gasteiger partial charge in [0.1, 0.15) is 0 Å². The summed E-state index contributed by atoms with van der Waals surface area (Å²) in [7, 11) is 0. The van der Waals surface area contributed by atoms with E-state index in [1.54, 1.807) is 0 Å². The lowest BCUT2D eigenvalue weighted by Crippen LogP contribution is -2.28. The van der Waals surface area contributed by atoms with E-state index in [9.17, 15) is 0 Å². The van der Waals surface area contributed by atoms with Crippen molar-refractivity contribution < 1.29 is 0 Å². The van der Waals surface area contributed by atoms with E-state index in [2.05, 4.69) is 241 Å². The van der Waals surface area contributed by atoms with Gasteiger partial charge in [0.15, 0.2) is 0 Å². The Bertz CT molecular complexity index is 3360. The van der Waals surface area contributed by atoms with Crippen LogP contribution >= 0.6 is 11.3 Å². The van der Waals surface area contributed by atoms with E-state index >= 15 is 0 Å². The Hall–Kier alpha value is -7.52. The maximum atomic E-state index is 2.46. The standard InChI is InChI=1S/C59H39NS/c1-4-16-40(17-5-1)41-30-33-46(34-31-41)60(47-24-14-19-43(38-47)49-27-15-18-42-32-37-56-58(57(42)49)52-26-11-13-29-55(52)61-56)48-35-36-51-50-25-10-12-28-53(50)59(54(51)39-48,44-20-6-2-7-21-44)45-22-8-3-9-23-45/h1-39H. The van der Waals surface area contributed by atoms with Crippen molar-refractivity contribution in [3.63, 3.8) is 0 Å². The van der Waals surface area contributed by atoms with Gasteiger partial charge in [0.25, 0.3) is 0 Å². The minimum absolute atomic E-state index is 0.507. The Morgan fingerprint density at radius 3 is 1.70 bits per heavy atom. The Morgan fingerprint density at radius 2 is 0.918 bits per heavy atom. The summed E-state index contributed by atoms with van der Waals surface area (Å²) in [5.41, 5.74) is 15.3. The first-order chi connectivity index (χ1) is 30.3. The van der Waals surface area contributed by atoms with Crippen molar-refractivity contribution in [1.82, 2.24) is 0 Å². The predicted molar refractivity (Wildman–Crippen MR) is 260 cm³/mol. The third kappa shape index (κ3) is 5.60. The fourth-order valence-electron chi connectivity index (χ4n) is 10.1. The van der Waals surface area contributed by atoms with E-state index in [1.807, 2.05) is 11.3 Å². The number of benzene rings is 10. The van der Waals surface area contributed by atoms with E-state index in [0.29, 0.717) is 0 Å². The molecule has 0 saturated heterocycles. The Labute approximate surface area is 360 Å². The summed E-state index contributed by atoms with van der Waals surface area (Å²) in [5, 5.41) is 5.21. The highest BCUT2D eigenvalue weighted by Crippen LogP contribution is 2.57. The average molecular weight is 794 g/mol. The molecule has 0 N–H and O–H groups in total. The number of nitrogens with zero attached hydrogens (tertiary/aromatic N) is 1. The molecule has 0 unspecified atom stereocenters. The van der Waals surface area contributed by atoms with E-state index in [4.69, 9.17) is 0 Å². The lowest BCUT2D eigenvalue weighted by Gasteiger charge is -2.35. The van der Waals surface area contributed by atoms with Gasteiger partial charge in [-0.2, -0.15) is 0 Å². The average Bonchev–Trinajstić information content (AvgIpc) is 3.87. The fraction of sp³-hybridized carbons (Fsp3) is 0.0169. The zero-order valence-electron chi connectivity index (χ0n) is 33.4. The summed E-state index contributed by atoms with van der Waals surface area (Å²) in [5.74, 6) is 0. The van der Waals surface area contributed by atoms with Gasteiger partial charge >= 0.3 is 0 Å². The third-order valence-electron chi connectivity index (χ3n) is 12.7. The number of hydrogen-bond acceptors (Lipinski definition) is 2. The van der Waals surface area contributed by atoms with Gasteiger partial charge < -0.3 is 4.90 Å². The first-order valence-corrected chi connectivity index (χ1v) is 21.8. The zero-order valence-corrected chi connectivity index (χ0v) is 34.2. The Balaban J connectivity index is 1.09. The van der Waals surface area contributed by atoms with Crippen molar-refractivity contribution in [1.29, 1.82) is 0 Å². The van der Waals surface area contributed by atoms with Crippen molar-refractivity contribution in [2.45, 2.75) is 5.41 Å². The molecule has 0 atom stereocenters. The van der Waals surface area contributed by atoms with Crippen molar-refractivity contribution in [3.05, 3.63) is 259 Å². The minimum Gasteiger partial charge on any atom is -0.310 e. The molecule has 0 radical (unpaired) electrons. The molecule has 10 aromatic carbocycles. The van der Waals surface area contributed by atoms with E-state index in [1.165, 1.54) is 86.6 Å². The number of thiophene rings is 1. The van der Waals surface area contributed by atoms with Gasteiger partial charge in [-0.1, -0.05) is 188 Å². The number of hydrogen-bond donors (Lipinski definition) is 0. The molecule has 1 aromatic heterocycles. The third-order valence-corrected chi connectivity index (χ3v) is 13.9. The molecule has 1 heterocycles. The van der Waals surface area contributed by atoms with Crippen LogP contribution in [-0.4, -0.2) is 0 Å². The smallest absolute Gasteiger partial charge is 0.0714 e. The summed E-state index contributed by atoms with van der Waals surface area (Å²) in [6.07, 6.45) is 0. The lowest BCUT2D eigenvalue weighted by atomic mass is 9.67. The molecule has 11 aromatic rings. The molecule has 0 bridgehead atoms. The molecule has 0 amide bonds. The molecule has 61 heavy (non-hydrogen) atoms. The van der Waals surface area contributed by atoms with Gasteiger partial charge in [0, 0.05) is 37.2 Å². The molecule has 286 valence electrons. The van der Waals surface area contributed by atoms with Crippen LogP contribution in [0.4, 0.5) is 17.1 Å². The highest BCUT2D eigenvalue weighted by molar-refractivity contribution is 7.26. The van der Waals surface area contributed by atoms with Crippen LogP contribution in [0.5, 0.6) is 0 Å². The van der Waals surface area contributed by atoms with Gasteiger partial charge in [-0.05, 0) is 115 Å². The maximum Gasteiger partial charge on any atom is 0.0714 e. The van der Waals surface area contributed by atoms with Gasteiger partial charge in [0.05, 0.1) is 5.41 Å². The summed E-state index contributed by atoms with van der Waals surface area (Å²) < 4.78 is 2.64. The molecule has 0 aliphatic heterocycles. The first kappa shape index (κ1) is 35.4. The number of fused-ring (bicyclic) bond motifs is 8. The van der Waals surface area contributed by atoms with Crippen LogP contribution in [-0.2, 0) is 5.41 Å². The quantitative estimate of drug-likeness (QED) is 0.155. The lowest BCUT2D eigenvalue weighted by molar-refractivity contribution is 0.768. The van der Waals surface area contributed by atoms with Crippen molar-refractivity contribution in [2.24, 2.45) is 0 Å². The van der Waals surface area contributed by atoms with Crippen LogP contribution in [0, 0.1) is 0 Å². The zero-order chi connectivity index (χ0) is 40.3. The largest absolute Gasteiger partial charge is 0.310 e. The number of anilines is 3. The predicted octanol–water partition coefficient (Wildman–Crippen LogP) is 16.4. The minimum atomic E-state index is -0.507. The molecule has 0 fully saturated rings. The Morgan fingerprint density at radius 1 is 0.328 bits per heavy atom. The fourth-order valence-corrected chi connectivity index (χ4v) is 11.2. The van der Waals surface area contributed by atoms with Crippen molar-refractivity contribution in [3.8, 4) is 33.4 Å². The normalized spacial score (nSPS) is 12.7. The van der Waals surface area contributed by atoms with Gasteiger partial charge in [-0.25, -0.2) is 0 Å². The van der Waals surface area contributed by atoms with E-state index < -0.39 is 5.41 Å². The second-order valence-corrected chi connectivity index (χ2v) is 17.1. The SMILES string of the molecule is c1ccc(-c2ccc(N(c3cccc(-c4cccc5ccc6sc7ccccc7c6c45)c3)c3ccc4c(c3)C(c3ccccc3)(c3ccccc3)c3ccccc3-4)cc2)cc1. The van der Waals surface area contributed by atoms with Gasteiger partial charge in [-0.3, -0.25) is 0 Å². The summed E-state index contributed by atoms with van der Waals surface area (Å²) in [6.45, 7) is 0. The molecule has 0 spiro atoms. The summed E-state index contributed by atoms with van der Waals surface area (Å²) in [4.78, 5) is 2.45.